The maximum absolute atomic E-state index is 10.9. The van der Waals surface area contributed by atoms with Crippen molar-refractivity contribution in [2.45, 2.75) is 0 Å². The molecule has 0 atom stereocenters. The van der Waals surface area contributed by atoms with Crippen molar-refractivity contribution in [2.75, 3.05) is 14.2 Å². The van der Waals surface area contributed by atoms with Crippen molar-refractivity contribution in [2.24, 2.45) is 0 Å². The van der Waals surface area contributed by atoms with Crippen molar-refractivity contribution < 1.29 is 23.5 Å². The van der Waals surface area contributed by atoms with Crippen LogP contribution in [0.25, 0.3) is 0 Å². The highest BCUT2D eigenvalue weighted by Crippen LogP contribution is 2.39. The molecule has 82 valence electrons. The summed E-state index contributed by atoms with van der Waals surface area (Å²) in [6.45, 7) is 0. The van der Waals surface area contributed by atoms with E-state index in [0.29, 0.717) is 0 Å². The SMILES string of the molecule is COc1c(C(=O)Cl)oc(C(=O)Cl)c1OC. The number of hydrogen-bond donors (Lipinski definition) is 0. The van der Waals surface area contributed by atoms with Gasteiger partial charge in [-0.25, -0.2) is 0 Å². The normalized spacial score (nSPS) is 9.87. The third-order valence-corrected chi connectivity index (χ3v) is 1.93. The first-order chi connectivity index (χ1) is 7.02. The molecule has 0 aliphatic heterocycles. The van der Waals surface area contributed by atoms with Crippen molar-refractivity contribution in [3.05, 3.63) is 11.5 Å². The molecule has 0 saturated heterocycles. The molecular weight excluding hydrogens is 247 g/mol. The fourth-order valence-electron chi connectivity index (χ4n) is 1.03. The van der Waals surface area contributed by atoms with Gasteiger partial charge in [-0.05, 0) is 23.2 Å². The van der Waals surface area contributed by atoms with Crippen molar-refractivity contribution in [3.8, 4) is 11.5 Å². The Labute approximate surface area is 94.8 Å². The quantitative estimate of drug-likeness (QED) is 0.768. The number of ether oxygens (including phenoxy) is 2. The second kappa shape index (κ2) is 4.55. The minimum atomic E-state index is -0.908. The van der Waals surface area contributed by atoms with E-state index >= 15 is 0 Å². The zero-order valence-corrected chi connectivity index (χ0v) is 9.31. The lowest BCUT2D eigenvalue weighted by molar-refractivity contribution is 0.103. The molecule has 5 nitrogen and oxygen atoms in total. The van der Waals surface area contributed by atoms with Crippen molar-refractivity contribution in [3.63, 3.8) is 0 Å². The van der Waals surface area contributed by atoms with E-state index in [0.717, 1.165) is 0 Å². The smallest absolute Gasteiger partial charge is 0.291 e. The average molecular weight is 253 g/mol. The van der Waals surface area contributed by atoms with Gasteiger partial charge in [0.15, 0.2) is 0 Å². The molecule has 0 spiro atoms. The molecule has 0 N–H and O–H groups in total. The van der Waals surface area contributed by atoms with Crippen LogP contribution in [0.5, 0.6) is 11.5 Å². The summed E-state index contributed by atoms with van der Waals surface area (Å²) in [5.41, 5.74) is 0. The Morgan fingerprint density at radius 2 is 1.33 bits per heavy atom. The Morgan fingerprint density at radius 1 is 1.00 bits per heavy atom. The lowest BCUT2D eigenvalue weighted by Crippen LogP contribution is -1.94. The molecule has 0 unspecified atom stereocenters. The first kappa shape index (κ1) is 11.9. The summed E-state index contributed by atoms with van der Waals surface area (Å²) in [7, 11) is 2.55. The first-order valence-corrected chi connectivity index (χ1v) is 4.43. The Morgan fingerprint density at radius 3 is 1.53 bits per heavy atom. The topological polar surface area (TPSA) is 65.7 Å². The molecule has 0 radical (unpaired) electrons. The molecule has 7 heteroatoms. The zero-order valence-electron chi connectivity index (χ0n) is 7.80. The van der Waals surface area contributed by atoms with Crippen LogP contribution >= 0.6 is 23.2 Å². The second-order valence-electron chi connectivity index (χ2n) is 2.37. The molecule has 0 bridgehead atoms. The highest BCUT2D eigenvalue weighted by molar-refractivity contribution is 6.69. The number of carbonyl (C=O) groups is 2. The molecule has 0 aliphatic carbocycles. The number of rotatable bonds is 4. The first-order valence-electron chi connectivity index (χ1n) is 3.67. The Bertz CT molecular complexity index is 373. The minimum absolute atomic E-state index is 0.0542. The second-order valence-corrected chi connectivity index (χ2v) is 3.06. The molecule has 15 heavy (non-hydrogen) atoms. The van der Waals surface area contributed by atoms with Gasteiger partial charge in [0, 0.05) is 0 Å². The summed E-state index contributed by atoms with van der Waals surface area (Å²) in [6.07, 6.45) is 0. The van der Waals surface area contributed by atoms with Gasteiger partial charge in [-0.15, -0.1) is 0 Å². The minimum Gasteiger partial charge on any atom is -0.489 e. The van der Waals surface area contributed by atoms with E-state index in [-0.39, 0.29) is 23.0 Å². The number of furan rings is 1. The van der Waals surface area contributed by atoms with Crippen LogP contribution in [0.4, 0.5) is 0 Å². The van der Waals surface area contributed by atoms with Crippen LogP contribution < -0.4 is 9.47 Å². The predicted molar refractivity (Wildman–Crippen MR) is 52.2 cm³/mol. The summed E-state index contributed by atoms with van der Waals surface area (Å²) < 4.78 is 14.5. The van der Waals surface area contributed by atoms with Gasteiger partial charge < -0.3 is 13.9 Å². The van der Waals surface area contributed by atoms with Gasteiger partial charge in [0.05, 0.1) is 14.2 Å². The van der Waals surface area contributed by atoms with Gasteiger partial charge in [-0.2, -0.15) is 0 Å². The lowest BCUT2D eigenvalue weighted by Gasteiger charge is -2.00. The van der Waals surface area contributed by atoms with Crippen molar-refractivity contribution in [1.82, 2.24) is 0 Å². The molecule has 1 aromatic rings. The molecular formula is C8H6Cl2O5. The average Bonchev–Trinajstić information content (AvgIpc) is 2.55. The molecule has 0 amide bonds. The van der Waals surface area contributed by atoms with E-state index in [1.807, 2.05) is 0 Å². The highest BCUT2D eigenvalue weighted by atomic mass is 35.5. The van der Waals surface area contributed by atoms with Gasteiger partial charge in [0.1, 0.15) is 0 Å². The van der Waals surface area contributed by atoms with Crippen molar-refractivity contribution in [1.29, 1.82) is 0 Å². The maximum atomic E-state index is 10.9. The van der Waals surface area contributed by atoms with E-state index in [2.05, 4.69) is 0 Å². The monoisotopic (exact) mass is 252 g/mol. The lowest BCUT2D eigenvalue weighted by atomic mass is 10.3. The maximum Gasteiger partial charge on any atom is 0.291 e. The highest BCUT2D eigenvalue weighted by Gasteiger charge is 2.29. The Hall–Kier alpha value is -1.20. The number of carbonyl (C=O) groups excluding carboxylic acids is 2. The summed E-state index contributed by atoms with van der Waals surface area (Å²) in [5, 5.41) is -1.82. The number of methoxy groups -OCH3 is 2. The molecule has 0 saturated carbocycles. The van der Waals surface area contributed by atoms with E-state index in [9.17, 15) is 9.59 Å². The molecule has 0 aromatic carbocycles. The third kappa shape index (κ3) is 2.08. The van der Waals surface area contributed by atoms with E-state index in [1.54, 1.807) is 0 Å². The summed E-state index contributed by atoms with van der Waals surface area (Å²) >= 11 is 10.4. The van der Waals surface area contributed by atoms with Crippen molar-refractivity contribution >= 4 is 33.7 Å². The molecule has 0 aliphatic rings. The zero-order chi connectivity index (χ0) is 11.6. The van der Waals surface area contributed by atoms with Gasteiger partial charge in [-0.3, -0.25) is 9.59 Å². The molecule has 1 heterocycles. The van der Waals surface area contributed by atoms with Gasteiger partial charge in [-0.1, -0.05) is 0 Å². The largest absolute Gasteiger partial charge is 0.489 e. The van der Waals surface area contributed by atoms with Crippen LogP contribution in [0, 0.1) is 0 Å². The Balaban J connectivity index is 3.44. The van der Waals surface area contributed by atoms with Crippen LogP contribution in [0.2, 0.25) is 0 Å². The van der Waals surface area contributed by atoms with E-state index in [4.69, 9.17) is 37.1 Å². The predicted octanol–water partition coefficient (Wildman–Crippen LogP) is 2.05. The van der Waals surface area contributed by atoms with Crippen LogP contribution in [0.3, 0.4) is 0 Å². The Kier molecular flexibility index (Phi) is 3.60. The standard InChI is InChI=1S/C8H6Cl2O5/c1-13-3-4(14-2)6(8(10)12)15-5(3)7(9)11/h1-2H3. The molecule has 1 aromatic heterocycles. The van der Waals surface area contributed by atoms with Crippen LogP contribution in [-0.4, -0.2) is 24.7 Å². The molecule has 0 fully saturated rings. The van der Waals surface area contributed by atoms with Crippen LogP contribution in [0.1, 0.15) is 21.1 Å². The number of halogens is 2. The fourth-order valence-corrected chi connectivity index (χ4v) is 1.28. The van der Waals surface area contributed by atoms with Gasteiger partial charge in [0.25, 0.3) is 10.5 Å². The van der Waals surface area contributed by atoms with Gasteiger partial charge in [0.2, 0.25) is 23.0 Å². The van der Waals surface area contributed by atoms with Crippen LogP contribution in [0.15, 0.2) is 4.42 Å². The number of hydrogen-bond acceptors (Lipinski definition) is 5. The third-order valence-electron chi connectivity index (χ3n) is 1.59. The van der Waals surface area contributed by atoms with Crippen LogP contribution in [-0.2, 0) is 0 Å². The van der Waals surface area contributed by atoms with Gasteiger partial charge >= 0.3 is 0 Å². The van der Waals surface area contributed by atoms with E-state index < -0.39 is 10.5 Å². The fraction of sp³-hybridized carbons (Fsp3) is 0.250. The summed E-state index contributed by atoms with van der Waals surface area (Å²) in [6, 6.07) is 0. The summed E-state index contributed by atoms with van der Waals surface area (Å²) in [5.74, 6) is -0.747. The summed E-state index contributed by atoms with van der Waals surface area (Å²) in [4.78, 5) is 21.8. The van der Waals surface area contributed by atoms with E-state index in [1.165, 1.54) is 14.2 Å². The molecule has 1 rings (SSSR count).